The van der Waals surface area contributed by atoms with Crippen LogP contribution in [-0.4, -0.2) is 35.5 Å². The van der Waals surface area contributed by atoms with E-state index in [1.807, 2.05) is 13.0 Å². The Hall–Kier alpha value is -1.46. The SMILES string of the molecule is Cc1c(CNCC(C)N(C)C2CC2)cccc1[N+](=O)[O-]. The molecular weight excluding hydrogens is 254 g/mol. The molecule has 1 saturated carbocycles. The minimum atomic E-state index is -0.317. The average Bonchev–Trinajstić information content (AvgIpc) is 3.23. The van der Waals surface area contributed by atoms with Crippen LogP contribution in [0.3, 0.4) is 0 Å². The maximum atomic E-state index is 10.9. The molecule has 1 fully saturated rings. The minimum absolute atomic E-state index is 0.201. The summed E-state index contributed by atoms with van der Waals surface area (Å²) in [6, 6.07) is 6.50. The van der Waals surface area contributed by atoms with Crippen LogP contribution >= 0.6 is 0 Å². The molecule has 0 heterocycles. The van der Waals surface area contributed by atoms with Gasteiger partial charge in [-0.1, -0.05) is 12.1 Å². The van der Waals surface area contributed by atoms with Gasteiger partial charge in [0.2, 0.25) is 0 Å². The fourth-order valence-electron chi connectivity index (χ4n) is 2.46. The number of likely N-dealkylation sites (N-methyl/N-ethyl adjacent to an activating group) is 1. The molecule has 20 heavy (non-hydrogen) atoms. The molecule has 5 nitrogen and oxygen atoms in total. The number of hydrogen-bond acceptors (Lipinski definition) is 4. The number of benzene rings is 1. The smallest absolute Gasteiger partial charge is 0.272 e. The number of hydrogen-bond donors (Lipinski definition) is 1. The largest absolute Gasteiger partial charge is 0.311 e. The molecule has 2 rings (SSSR count). The van der Waals surface area contributed by atoms with Crippen molar-refractivity contribution in [2.24, 2.45) is 0 Å². The third-order valence-electron chi connectivity index (χ3n) is 4.19. The van der Waals surface area contributed by atoms with Gasteiger partial charge in [0.05, 0.1) is 4.92 Å². The Balaban J connectivity index is 1.87. The zero-order valence-electron chi connectivity index (χ0n) is 12.4. The molecule has 0 aromatic heterocycles. The lowest BCUT2D eigenvalue weighted by atomic mass is 10.1. The van der Waals surface area contributed by atoms with Crippen LogP contribution in [0.5, 0.6) is 0 Å². The average molecular weight is 277 g/mol. The molecule has 0 amide bonds. The highest BCUT2D eigenvalue weighted by Gasteiger charge is 2.28. The van der Waals surface area contributed by atoms with E-state index in [1.165, 1.54) is 12.8 Å². The molecule has 1 aliphatic rings. The van der Waals surface area contributed by atoms with E-state index in [1.54, 1.807) is 12.1 Å². The van der Waals surface area contributed by atoms with Crippen molar-refractivity contribution in [3.63, 3.8) is 0 Å². The molecule has 1 aromatic carbocycles. The number of nitrogens with zero attached hydrogens (tertiary/aromatic N) is 2. The van der Waals surface area contributed by atoms with Gasteiger partial charge in [-0.15, -0.1) is 0 Å². The Bertz CT molecular complexity index is 486. The number of nitro benzene ring substituents is 1. The van der Waals surface area contributed by atoms with Gasteiger partial charge in [0, 0.05) is 36.8 Å². The summed E-state index contributed by atoms with van der Waals surface area (Å²) in [7, 11) is 2.17. The monoisotopic (exact) mass is 277 g/mol. The third-order valence-corrected chi connectivity index (χ3v) is 4.19. The third kappa shape index (κ3) is 3.55. The topological polar surface area (TPSA) is 58.4 Å². The summed E-state index contributed by atoms with van der Waals surface area (Å²) in [5.74, 6) is 0. The van der Waals surface area contributed by atoms with Crippen molar-refractivity contribution in [3.8, 4) is 0 Å². The van der Waals surface area contributed by atoms with E-state index in [0.717, 1.165) is 23.7 Å². The predicted molar refractivity (Wildman–Crippen MR) is 79.8 cm³/mol. The van der Waals surface area contributed by atoms with Gasteiger partial charge in [-0.25, -0.2) is 0 Å². The van der Waals surface area contributed by atoms with Crippen LogP contribution in [0.25, 0.3) is 0 Å². The molecule has 1 N–H and O–H groups in total. The van der Waals surface area contributed by atoms with E-state index in [2.05, 4.69) is 24.2 Å². The minimum Gasteiger partial charge on any atom is -0.311 e. The van der Waals surface area contributed by atoms with E-state index in [4.69, 9.17) is 0 Å². The summed E-state index contributed by atoms with van der Waals surface area (Å²) in [5, 5.41) is 14.3. The Morgan fingerprint density at radius 1 is 1.50 bits per heavy atom. The second kappa shape index (κ2) is 6.33. The van der Waals surface area contributed by atoms with Crippen LogP contribution in [0.1, 0.15) is 30.9 Å². The fraction of sp³-hybridized carbons (Fsp3) is 0.600. The molecular formula is C15H23N3O2. The van der Waals surface area contributed by atoms with Crippen molar-refractivity contribution >= 4 is 5.69 Å². The van der Waals surface area contributed by atoms with E-state index in [9.17, 15) is 10.1 Å². The molecule has 0 saturated heterocycles. The molecule has 1 aliphatic carbocycles. The first-order valence-corrected chi connectivity index (χ1v) is 7.16. The van der Waals surface area contributed by atoms with Crippen molar-refractivity contribution in [3.05, 3.63) is 39.4 Å². The number of rotatable bonds is 7. The first-order chi connectivity index (χ1) is 9.50. The standard InChI is InChI=1S/C15H23N3O2/c1-11(17(3)14-7-8-14)9-16-10-13-5-4-6-15(12(13)2)18(19)20/h4-6,11,14,16H,7-10H2,1-3H3. The van der Waals surface area contributed by atoms with Crippen molar-refractivity contribution in [2.45, 2.75) is 45.3 Å². The zero-order valence-corrected chi connectivity index (χ0v) is 12.4. The summed E-state index contributed by atoms with van der Waals surface area (Å²) in [6.45, 7) is 5.60. The summed E-state index contributed by atoms with van der Waals surface area (Å²) < 4.78 is 0. The Morgan fingerprint density at radius 3 is 2.80 bits per heavy atom. The Morgan fingerprint density at radius 2 is 2.20 bits per heavy atom. The van der Waals surface area contributed by atoms with Gasteiger partial charge >= 0.3 is 0 Å². The lowest BCUT2D eigenvalue weighted by Crippen LogP contribution is -2.39. The van der Waals surface area contributed by atoms with Gasteiger partial charge in [-0.05, 0) is 39.3 Å². The lowest BCUT2D eigenvalue weighted by Gasteiger charge is -2.24. The van der Waals surface area contributed by atoms with Crippen molar-refractivity contribution in [2.75, 3.05) is 13.6 Å². The highest BCUT2D eigenvalue weighted by atomic mass is 16.6. The van der Waals surface area contributed by atoms with Gasteiger partial charge in [0.15, 0.2) is 0 Å². The summed E-state index contributed by atoms with van der Waals surface area (Å²) in [4.78, 5) is 13.0. The molecule has 1 unspecified atom stereocenters. The van der Waals surface area contributed by atoms with Gasteiger partial charge in [-0.3, -0.25) is 15.0 Å². The highest BCUT2D eigenvalue weighted by Crippen LogP contribution is 2.26. The maximum absolute atomic E-state index is 10.9. The second-order valence-corrected chi connectivity index (χ2v) is 5.69. The lowest BCUT2D eigenvalue weighted by molar-refractivity contribution is -0.385. The van der Waals surface area contributed by atoms with Gasteiger partial charge in [0.1, 0.15) is 0 Å². The van der Waals surface area contributed by atoms with Crippen LogP contribution in [0.15, 0.2) is 18.2 Å². The van der Waals surface area contributed by atoms with Crippen molar-refractivity contribution < 1.29 is 4.92 Å². The normalized spacial score (nSPS) is 16.4. The Kier molecular flexibility index (Phi) is 4.73. The van der Waals surface area contributed by atoms with Crippen LogP contribution in [-0.2, 0) is 6.54 Å². The van der Waals surface area contributed by atoms with Gasteiger partial charge < -0.3 is 5.32 Å². The molecule has 1 aromatic rings. The first-order valence-electron chi connectivity index (χ1n) is 7.16. The molecule has 1 atom stereocenters. The van der Waals surface area contributed by atoms with Gasteiger partial charge in [0.25, 0.3) is 5.69 Å². The molecule has 110 valence electrons. The highest BCUT2D eigenvalue weighted by molar-refractivity contribution is 5.44. The summed E-state index contributed by atoms with van der Waals surface area (Å²) in [5.41, 5.74) is 1.96. The van der Waals surface area contributed by atoms with Crippen molar-refractivity contribution in [1.82, 2.24) is 10.2 Å². The molecule has 0 aliphatic heterocycles. The second-order valence-electron chi connectivity index (χ2n) is 5.69. The van der Waals surface area contributed by atoms with Crippen molar-refractivity contribution in [1.29, 1.82) is 0 Å². The van der Waals surface area contributed by atoms with Crippen LogP contribution < -0.4 is 5.32 Å². The van der Waals surface area contributed by atoms with E-state index in [0.29, 0.717) is 12.6 Å². The summed E-state index contributed by atoms with van der Waals surface area (Å²) in [6.07, 6.45) is 2.62. The predicted octanol–water partition coefficient (Wildman–Crippen LogP) is 2.48. The quantitative estimate of drug-likeness (QED) is 0.614. The van der Waals surface area contributed by atoms with E-state index < -0.39 is 0 Å². The molecule has 5 heteroatoms. The zero-order chi connectivity index (χ0) is 14.7. The molecule has 0 spiro atoms. The number of nitro groups is 1. The van der Waals surface area contributed by atoms with Crippen LogP contribution in [0.2, 0.25) is 0 Å². The number of nitrogens with one attached hydrogen (secondary N) is 1. The maximum Gasteiger partial charge on any atom is 0.272 e. The molecule has 0 radical (unpaired) electrons. The van der Waals surface area contributed by atoms with Crippen LogP contribution in [0, 0.1) is 17.0 Å². The van der Waals surface area contributed by atoms with E-state index in [-0.39, 0.29) is 10.6 Å². The van der Waals surface area contributed by atoms with Gasteiger partial charge in [-0.2, -0.15) is 0 Å². The first kappa shape index (κ1) is 14.9. The van der Waals surface area contributed by atoms with E-state index >= 15 is 0 Å². The summed E-state index contributed by atoms with van der Waals surface area (Å²) >= 11 is 0. The fourth-order valence-corrected chi connectivity index (χ4v) is 2.46. The molecule has 0 bridgehead atoms. The Labute approximate surface area is 120 Å². The van der Waals surface area contributed by atoms with Crippen LogP contribution in [0.4, 0.5) is 5.69 Å².